The van der Waals surface area contributed by atoms with Gasteiger partial charge in [-0.2, -0.15) is 0 Å². The van der Waals surface area contributed by atoms with Crippen molar-refractivity contribution in [3.05, 3.63) is 0 Å². The van der Waals surface area contributed by atoms with E-state index in [2.05, 4.69) is 4.90 Å². The standard InChI is InChI=1S/C16H29NO3S/c1-13(18)11-14-7-4-3-5-10-17(14)15-8-6-9-16(12-15)21(2,19)20/h14-16H,3-12H2,1-2H3. The molecule has 1 aliphatic carbocycles. The van der Waals surface area contributed by atoms with Crippen LogP contribution in [0, 0.1) is 0 Å². The Hall–Kier alpha value is -0.420. The number of Topliss-reactive ketones (excluding diaryl/α,β-unsaturated/α-hetero) is 1. The molecule has 5 heteroatoms. The van der Waals surface area contributed by atoms with Crippen LogP contribution in [0.25, 0.3) is 0 Å². The molecular formula is C16H29NO3S. The second-order valence-electron chi connectivity index (χ2n) is 6.92. The van der Waals surface area contributed by atoms with E-state index in [0.29, 0.717) is 18.5 Å². The average molecular weight is 315 g/mol. The van der Waals surface area contributed by atoms with Crippen molar-refractivity contribution >= 4 is 15.6 Å². The first kappa shape index (κ1) is 16.9. The van der Waals surface area contributed by atoms with Crippen molar-refractivity contribution in [2.45, 2.75) is 82.0 Å². The minimum atomic E-state index is -2.94. The Morgan fingerprint density at radius 1 is 1.10 bits per heavy atom. The number of carbonyl (C=O) groups is 1. The van der Waals surface area contributed by atoms with Crippen LogP contribution in [-0.4, -0.2) is 49.2 Å². The van der Waals surface area contributed by atoms with E-state index in [0.717, 1.165) is 38.6 Å². The molecule has 0 aromatic rings. The van der Waals surface area contributed by atoms with Gasteiger partial charge in [-0.15, -0.1) is 0 Å². The topological polar surface area (TPSA) is 54.5 Å². The Labute approximate surface area is 129 Å². The first-order valence-electron chi connectivity index (χ1n) is 8.32. The van der Waals surface area contributed by atoms with Crippen LogP contribution in [-0.2, 0) is 14.6 Å². The van der Waals surface area contributed by atoms with Crippen molar-refractivity contribution in [2.24, 2.45) is 0 Å². The van der Waals surface area contributed by atoms with E-state index in [4.69, 9.17) is 0 Å². The third-order valence-corrected chi connectivity index (χ3v) is 6.76. The van der Waals surface area contributed by atoms with Gasteiger partial charge in [0.15, 0.2) is 0 Å². The summed E-state index contributed by atoms with van der Waals surface area (Å²) in [5.74, 6) is 0.252. The molecule has 2 aliphatic rings. The molecule has 1 saturated heterocycles. The molecule has 0 spiro atoms. The van der Waals surface area contributed by atoms with Gasteiger partial charge in [0.05, 0.1) is 5.25 Å². The Kier molecular flexibility index (Phi) is 5.83. The number of hydrogen-bond acceptors (Lipinski definition) is 4. The van der Waals surface area contributed by atoms with Gasteiger partial charge in [0.25, 0.3) is 0 Å². The van der Waals surface area contributed by atoms with Gasteiger partial charge in [-0.05, 0) is 45.6 Å². The number of rotatable bonds is 4. The van der Waals surface area contributed by atoms with Gasteiger partial charge in [0.2, 0.25) is 0 Å². The molecule has 2 rings (SSSR count). The molecule has 4 nitrogen and oxygen atoms in total. The molecule has 0 amide bonds. The lowest BCUT2D eigenvalue weighted by Gasteiger charge is -2.40. The summed E-state index contributed by atoms with van der Waals surface area (Å²) in [6.07, 6.45) is 10.3. The van der Waals surface area contributed by atoms with Crippen LogP contribution in [0.5, 0.6) is 0 Å². The second kappa shape index (κ2) is 7.23. The lowest BCUT2D eigenvalue weighted by Crippen LogP contribution is -2.47. The van der Waals surface area contributed by atoms with Crippen molar-refractivity contribution in [3.63, 3.8) is 0 Å². The van der Waals surface area contributed by atoms with Crippen molar-refractivity contribution < 1.29 is 13.2 Å². The second-order valence-corrected chi connectivity index (χ2v) is 9.24. The Bertz CT molecular complexity index is 460. The number of nitrogens with zero attached hydrogens (tertiary/aromatic N) is 1. The van der Waals surface area contributed by atoms with Crippen LogP contribution in [0.4, 0.5) is 0 Å². The summed E-state index contributed by atoms with van der Waals surface area (Å²) in [5.41, 5.74) is 0. The van der Waals surface area contributed by atoms with E-state index < -0.39 is 9.84 Å². The maximum Gasteiger partial charge on any atom is 0.150 e. The minimum absolute atomic E-state index is 0.183. The van der Waals surface area contributed by atoms with Crippen LogP contribution in [0.2, 0.25) is 0 Å². The van der Waals surface area contributed by atoms with Crippen LogP contribution in [0.15, 0.2) is 0 Å². The molecule has 1 heterocycles. The van der Waals surface area contributed by atoms with Crippen LogP contribution in [0.3, 0.4) is 0 Å². The van der Waals surface area contributed by atoms with Gasteiger partial charge < -0.3 is 0 Å². The van der Waals surface area contributed by atoms with E-state index >= 15 is 0 Å². The quantitative estimate of drug-likeness (QED) is 0.800. The summed E-state index contributed by atoms with van der Waals surface area (Å²) in [7, 11) is -2.94. The molecule has 1 aliphatic heterocycles. The fourth-order valence-electron chi connectivity index (χ4n) is 4.04. The zero-order chi connectivity index (χ0) is 15.5. The number of sulfone groups is 1. The van der Waals surface area contributed by atoms with E-state index in [1.165, 1.54) is 25.5 Å². The molecular weight excluding hydrogens is 286 g/mol. The highest BCUT2D eigenvalue weighted by atomic mass is 32.2. The average Bonchev–Trinajstić information content (AvgIpc) is 2.63. The number of carbonyl (C=O) groups excluding carboxylic acids is 1. The molecule has 1 saturated carbocycles. The molecule has 0 radical (unpaired) electrons. The third kappa shape index (κ3) is 4.78. The molecule has 0 bridgehead atoms. The summed E-state index contributed by atoms with van der Waals surface area (Å²) in [6.45, 7) is 2.70. The van der Waals surface area contributed by atoms with Gasteiger partial charge in [0.1, 0.15) is 15.6 Å². The van der Waals surface area contributed by atoms with Gasteiger partial charge >= 0.3 is 0 Å². The Balaban J connectivity index is 2.09. The van der Waals surface area contributed by atoms with Crippen LogP contribution < -0.4 is 0 Å². The van der Waals surface area contributed by atoms with E-state index in [-0.39, 0.29) is 11.0 Å². The Morgan fingerprint density at radius 3 is 2.52 bits per heavy atom. The predicted molar refractivity (Wildman–Crippen MR) is 85.1 cm³/mol. The molecule has 0 aromatic carbocycles. The normalized spacial score (nSPS) is 32.6. The summed E-state index contributed by atoms with van der Waals surface area (Å²) in [5, 5.41) is -0.183. The fraction of sp³-hybridized carbons (Fsp3) is 0.938. The SMILES string of the molecule is CC(=O)CC1CCCCCN1C1CCCC(S(C)(=O)=O)C1. The zero-order valence-electron chi connectivity index (χ0n) is 13.4. The highest BCUT2D eigenvalue weighted by Crippen LogP contribution is 2.31. The van der Waals surface area contributed by atoms with E-state index in [1.54, 1.807) is 6.92 Å². The smallest absolute Gasteiger partial charge is 0.150 e. The monoisotopic (exact) mass is 315 g/mol. The minimum Gasteiger partial charge on any atom is -0.300 e. The number of hydrogen-bond donors (Lipinski definition) is 0. The molecule has 122 valence electrons. The van der Waals surface area contributed by atoms with Crippen molar-refractivity contribution in [2.75, 3.05) is 12.8 Å². The lowest BCUT2D eigenvalue weighted by atomic mass is 9.91. The highest BCUT2D eigenvalue weighted by molar-refractivity contribution is 7.91. The molecule has 3 atom stereocenters. The third-order valence-electron chi connectivity index (χ3n) is 5.12. The molecule has 0 aromatic heterocycles. The summed E-state index contributed by atoms with van der Waals surface area (Å²) < 4.78 is 23.7. The maximum absolute atomic E-state index is 11.9. The van der Waals surface area contributed by atoms with Gasteiger partial charge in [-0.1, -0.05) is 19.3 Å². The number of likely N-dealkylation sites (tertiary alicyclic amines) is 1. The first-order valence-corrected chi connectivity index (χ1v) is 10.3. The van der Waals surface area contributed by atoms with E-state index in [9.17, 15) is 13.2 Å². The zero-order valence-corrected chi connectivity index (χ0v) is 14.2. The largest absolute Gasteiger partial charge is 0.300 e. The predicted octanol–water partition coefficient (Wildman–Crippen LogP) is 2.57. The van der Waals surface area contributed by atoms with Crippen LogP contribution >= 0.6 is 0 Å². The summed E-state index contributed by atoms with van der Waals surface area (Å²) in [4.78, 5) is 14.0. The fourth-order valence-corrected chi connectivity index (χ4v) is 5.21. The summed E-state index contributed by atoms with van der Waals surface area (Å²) >= 11 is 0. The Morgan fingerprint density at radius 2 is 1.86 bits per heavy atom. The molecule has 2 fully saturated rings. The van der Waals surface area contributed by atoms with Gasteiger partial charge in [-0.3, -0.25) is 9.69 Å². The van der Waals surface area contributed by atoms with Crippen LogP contribution in [0.1, 0.15) is 64.7 Å². The number of ketones is 1. The summed E-state index contributed by atoms with van der Waals surface area (Å²) in [6, 6.07) is 0.675. The maximum atomic E-state index is 11.9. The van der Waals surface area contributed by atoms with Crippen molar-refractivity contribution in [3.8, 4) is 0 Å². The van der Waals surface area contributed by atoms with Gasteiger partial charge in [0, 0.05) is 24.8 Å². The van der Waals surface area contributed by atoms with Crippen molar-refractivity contribution in [1.82, 2.24) is 4.90 Å². The molecule has 21 heavy (non-hydrogen) atoms. The highest BCUT2D eigenvalue weighted by Gasteiger charge is 2.35. The molecule has 3 unspecified atom stereocenters. The first-order chi connectivity index (χ1) is 9.88. The lowest BCUT2D eigenvalue weighted by molar-refractivity contribution is -0.118. The molecule has 0 N–H and O–H groups in total. The van der Waals surface area contributed by atoms with E-state index in [1.807, 2.05) is 0 Å². The van der Waals surface area contributed by atoms with Crippen molar-refractivity contribution in [1.29, 1.82) is 0 Å². The van der Waals surface area contributed by atoms with Gasteiger partial charge in [-0.25, -0.2) is 8.42 Å².